The number of esters is 2. The van der Waals surface area contributed by atoms with Crippen molar-refractivity contribution in [1.29, 1.82) is 0 Å². The van der Waals surface area contributed by atoms with Crippen LogP contribution < -0.4 is 16.4 Å². The molecule has 1 rings (SSSR count). The van der Waals surface area contributed by atoms with Crippen LogP contribution in [-0.4, -0.2) is 72.5 Å². The second-order valence-corrected chi connectivity index (χ2v) is 6.80. The van der Waals surface area contributed by atoms with Crippen molar-refractivity contribution in [3.8, 4) is 0 Å². The quantitative estimate of drug-likeness (QED) is 0.332. The van der Waals surface area contributed by atoms with Crippen LogP contribution in [0.5, 0.6) is 0 Å². The number of hydrogen-bond donors (Lipinski definition) is 3. The minimum Gasteiger partial charge on any atom is -0.385 e. The Bertz CT molecular complexity index is 685. The molecular formula is C17H25F3N4O6. The molecule has 1 aliphatic rings. The maximum Gasteiger partial charge on any atom is 0.491 e. The second kappa shape index (κ2) is 10.9. The predicted octanol–water partition coefficient (Wildman–Crippen LogP) is -0.785. The summed E-state index contributed by atoms with van der Waals surface area (Å²) < 4.78 is 40.9. The van der Waals surface area contributed by atoms with Gasteiger partial charge in [0.05, 0.1) is 13.1 Å². The first-order valence-corrected chi connectivity index (χ1v) is 9.31. The lowest BCUT2D eigenvalue weighted by Gasteiger charge is -2.28. The van der Waals surface area contributed by atoms with E-state index >= 15 is 0 Å². The fourth-order valence-electron chi connectivity index (χ4n) is 2.82. The number of nitrogens with zero attached hydrogens (tertiary/aromatic N) is 1. The Morgan fingerprint density at radius 1 is 1.23 bits per heavy atom. The largest absolute Gasteiger partial charge is 0.491 e. The van der Waals surface area contributed by atoms with Gasteiger partial charge in [0.15, 0.2) is 0 Å². The van der Waals surface area contributed by atoms with Crippen molar-refractivity contribution in [2.75, 3.05) is 19.6 Å². The van der Waals surface area contributed by atoms with E-state index in [0.717, 1.165) is 0 Å². The van der Waals surface area contributed by atoms with Gasteiger partial charge < -0.3 is 26.0 Å². The first kappa shape index (κ1) is 25.3. The molecule has 170 valence electrons. The number of amides is 3. The van der Waals surface area contributed by atoms with Gasteiger partial charge in [-0.3, -0.25) is 14.4 Å². The molecule has 0 aromatic heterocycles. The average Bonchev–Trinajstić information content (AvgIpc) is 3.18. The summed E-state index contributed by atoms with van der Waals surface area (Å²) >= 11 is 0. The van der Waals surface area contributed by atoms with Crippen LogP contribution in [0.15, 0.2) is 0 Å². The number of carbonyl (C=O) groups excluding carboxylic acids is 5. The number of rotatable bonds is 8. The molecule has 3 amide bonds. The van der Waals surface area contributed by atoms with Crippen LogP contribution in [0.3, 0.4) is 0 Å². The van der Waals surface area contributed by atoms with Crippen LogP contribution in [0.25, 0.3) is 0 Å². The molecule has 3 atom stereocenters. The topological polar surface area (TPSA) is 148 Å². The van der Waals surface area contributed by atoms with Crippen molar-refractivity contribution in [3.05, 3.63) is 0 Å². The molecular weight excluding hydrogens is 413 g/mol. The van der Waals surface area contributed by atoms with Gasteiger partial charge in [0.2, 0.25) is 17.7 Å². The highest BCUT2D eigenvalue weighted by molar-refractivity contribution is 5.95. The summed E-state index contributed by atoms with van der Waals surface area (Å²) in [6.07, 6.45) is -4.34. The molecule has 1 aliphatic heterocycles. The standard InChI is InChI=1S/C17H25F3N4O6/c1-3-9(2)13(15(28)30-16(29)17(18,19)20)23-14(27)10-5-4-6-24(10)12(26)8-22-11(25)7-21/h9-10,13H,3-8,21H2,1-2H3,(H,22,25)(H,23,27)/t9-,10-,13-/m0/s1. The van der Waals surface area contributed by atoms with Crippen LogP contribution in [-0.2, 0) is 28.7 Å². The second-order valence-electron chi connectivity index (χ2n) is 6.80. The van der Waals surface area contributed by atoms with E-state index in [1.807, 2.05) is 0 Å². The van der Waals surface area contributed by atoms with Gasteiger partial charge in [-0.25, -0.2) is 9.59 Å². The fraction of sp³-hybridized carbons (Fsp3) is 0.706. The zero-order chi connectivity index (χ0) is 23.1. The van der Waals surface area contributed by atoms with E-state index in [2.05, 4.69) is 15.4 Å². The average molecular weight is 438 g/mol. The van der Waals surface area contributed by atoms with Crippen molar-refractivity contribution in [2.24, 2.45) is 11.7 Å². The summed E-state index contributed by atoms with van der Waals surface area (Å²) in [5.41, 5.74) is 5.13. The minimum absolute atomic E-state index is 0.223. The van der Waals surface area contributed by atoms with E-state index in [0.29, 0.717) is 12.8 Å². The molecule has 1 heterocycles. The van der Waals surface area contributed by atoms with E-state index < -0.39 is 53.8 Å². The molecule has 1 saturated heterocycles. The van der Waals surface area contributed by atoms with Gasteiger partial charge in [-0.2, -0.15) is 13.2 Å². The highest BCUT2D eigenvalue weighted by Crippen LogP contribution is 2.20. The van der Waals surface area contributed by atoms with Gasteiger partial charge in [0.25, 0.3) is 0 Å². The number of likely N-dealkylation sites (tertiary alicyclic amines) is 1. The lowest BCUT2D eigenvalue weighted by molar-refractivity contribution is -0.203. The van der Waals surface area contributed by atoms with Gasteiger partial charge in [-0.1, -0.05) is 20.3 Å². The number of alkyl halides is 3. The minimum atomic E-state index is -5.36. The molecule has 30 heavy (non-hydrogen) atoms. The number of nitrogens with two attached hydrogens (primary N) is 1. The first-order chi connectivity index (χ1) is 13.9. The summed E-state index contributed by atoms with van der Waals surface area (Å²) in [7, 11) is 0. The summed E-state index contributed by atoms with van der Waals surface area (Å²) in [5, 5.41) is 4.58. The molecule has 13 heteroatoms. The van der Waals surface area contributed by atoms with Gasteiger partial charge in [-0.15, -0.1) is 0 Å². The highest BCUT2D eigenvalue weighted by Gasteiger charge is 2.44. The smallest absolute Gasteiger partial charge is 0.385 e. The molecule has 0 saturated carbocycles. The predicted molar refractivity (Wildman–Crippen MR) is 95.3 cm³/mol. The van der Waals surface area contributed by atoms with Crippen LogP contribution in [0.2, 0.25) is 0 Å². The number of hydrogen-bond acceptors (Lipinski definition) is 7. The van der Waals surface area contributed by atoms with Gasteiger partial charge in [0, 0.05) is 6.54 Å². The van der Waals surface area contributed by atoms with Crippen molar-refractivity contribution in [3.63, 3.8) is 0 Å². The van der Waals surface area contributed by atoms with E-state index in [1.165, 1.54) is 11.8 Å². The maximum atomic E-state index is 12.6. The molecule has 0 radical (unpaired) electrons. The fourth-order valence-corrected chi connectivity index (χ4v) is 2.82. The van der Waals surface area contributed by atoms with Crippen molar-refractivity contribution in [2.45, 2.75) is 51.4 Å². The summed E-state index contributed by atoms with van der Waals surface area (Å²) in [4.78, 5) is 60.3. The lowest BCUT2D eigenvalue weighted by atomic mass is 9.98. The van der Waals surface area contributed by atoms with Gasteiger partial charge in [-0.05, 0) is 18.8 Å². The summed E-state index contributed by atoms with van der Waals surface area (Å²) in [6, 6.07) is -2.49. The summed E-state index contributed by atoms with van der Waals surface area (Å²) in [5.74, 6) is -6.74. The van der Waals surface area contributed by atoms with Crippen LogP contribution >= 0.6 is 0 Å². The highest BCUT2D eigenvalue weighted by atomic mass is 19.4. The van der Waals surface area contributed by atoms with Crippen molar-refractivity contribution < 1.29 is 41.9 Å². The molecule has 0 unspecified atom stereocenters. The zero-order valence-corrected chi connectivity index (χ0v) is 16.6. The number of ether oxygens (including phenoxy) is 1. The third kappa shape index (κ3) is 6.97. The molecule has 0 spiro atoms. The van der Waals surface area contributed by atoms with Crippen LogP contribution in [0.1, 0.15) is 33.1 Å². The van der Waals surface area contributed by atoms with Gasteiger partial charge in [0.1, 0.15) is 12.1 Å². The van der Waals surface area contributed by atoms with Crippen molar-refractivity contribution in [1.82, 2.24) is 15.5 Å². The number of carbonyl (C=O) groups is 5. The summed E-state index contributed by atoms with van der Waals surface area (Å²) in [6.45, 7) is 2.65. The zero-order valence-electron chi connectivity index (χ0n) is 16.6. The Hall–Kier alpha value is -2.70. The van der Waals surface area contributed by atoms with Gasteiger partial charge >= 0.3 is 18.1 Å². The third-order valence-corrected chi connectivity index (χ3v) is 4.69. The monoisotopic (exact) mass is 438 g/mol. The molecule has 0 aliphatic carbocycles. The molecule has 10 nitrogen and oxygen atoms in total. The van der Waals surface area contributed by atoms with E-state index in [1.54, 1.807) is 6.92 Å². The van der Waals surface area contributed by atoms with E-state index in [-0.39, 0.29) is 26.1 Å². The van der Waals surface area contributed by atoms with Crippen LogP contribution in [0, 0.1) is 5.92 Å². The maximum absolute atomic E-state index is 12.6. The number of nitrogens with one attached hydrogen (secondary N) is 2. The van der Waals surface area contributed by atoms with E-state index in [9.17, 15) is 37.1 Å². The normalized spacial score (nSPS) is 18.3. The molecule has 1 fully saturated rings. The third-order valence-electron chi connectivity index (χ3n) is 4.69. The molecule has 4 N–H and O–H groups in total. The molecule has 0 aromatic rings. The van der Waals surface area contributed by atoms with Crippen LogP contribution in [0.4, 0.5) is 13.2 Å². The molecule has 0 bridgehead atoms. The Morgan fingerprint density at radius 2 is 1.87 bits per heavy atom. The lowest BCUT2D eigenvalue weighted by Crippen LogP contribution is -2.54. The Kier molecular flexibility index (Phi) is 9.21. The Labute approximate surface area is 170 Å². The number of halogens is 3. The Balaban J connectivity index is 2.84. The Morgan fingerprint density at radius 3 is 2.40 bits per heavy atom. The SMILES string of the molecule is CC[C@H](C)[C@H](NC(=O)[C@@H]1CCCN1C(=O)CNC(=O)CN)C(=O)OC(=O)C(F)(F)F. The van der Waals surface area contributed by atoms with E-state index in [4.69, 9.17) is 5.73 Å². The molecule has 0 aromatic carbocycles. The first-order valence-electron chi connectivity index (χ1n) is 9.31. The van der Waals surface area contributed by atoms with Crippen molar-refractivity contribution >= 4 is 29.7 Å².